The minimum atomic E-state index is -3.67. The molecular weight excluding hydrogens is 415 g/mol. The summed E-state index contributed by atoms with van der Waals surface area (Å²) in [6.07, 6.45) is 1.05. The Kier molecular flexibility index (Phi) is 7.49. The Balaban J connectivity index is 0.000000668. The minimum absolute atomic E-state index is 0.109. The molecule has 1 atom stereocenters. The van der Waals surface area contributed by atoms with Crippen LogP contribution in [0.5, 0.6) is 0 Å². The van der Waals surface area contributed by atoms with Crippen LogP contribution < -0.4 is 5.32 Å². The van der Waals surface area contributed by atoms with Gasteiger partial charge < -0.3 is 15.1 Å². The fraction of sp³-hybridized carbons (Fsp3) is 0.480. The van der Waals surface area contributed by atoms with Crippen molar-refractivity contribution in [2.75, 3.05) is 32.5 Å². The molecule has 0 saturated carbocycles. The monoisotopic (exact) mass is 447 g/mol. The molecular formula is C25H32F3N3O. The molecule has 4 nitrogen and oxygen atoms in total. The van der Waals surface area contributed by atoms with Crippen molar-refractivity contribution in [2.24, 2.45) is 5.92 Å². The van der Waals surface area contributed by atoms with Gasteiger partial charge in [0.2, 0.25) is 5.91 Å². The van der Waals surface area contributed by atoms with E-state index in [9.17, 15) is 18.0 Å². The van der Waals surface area contributed by atoms with Gasteiger partial charge in [-0.15, -0.1) is 0 Å². The fourth-order valence-electron chi connectivity index (χ4n) is 4.65. The number of amides is 1. The van der Waals surface area contributed by atoms with Crippen molar-refractivity contribution in [3.8, 4) is 0 Å². The number of anilines is 1. The summed E-state index contributed by atoms with van der Waals surface area (Å²) in [5, 5.41) is 3.74. The van der Waals surface area contributed by atoms with Crippen LogP contribution >= 0.6 is 0 Å². The molecule has 1 saturated heterocycles. The van der Waals surface area contributed by atoms with Crippen LogP contribution in [0, 0.1) is 5.92 Å². The molecule has 1 heterocycles. The maximum absolute atomic E-state index is 12.4. The lowest BCUT2D eigenvalue weighted by molar-refractivity contribution is -0.139. The van der Waals surface area contributed by atoms with Crippen LogP contribution in [0.1, 0.15) is 30.5 Å². The van der Waals surface area contributed by atoms with Crippen molar-refractivity contribution < 1.29 is 18.0 Å². The molecule has 2 aliphatic rings. The summed E-state index contributed by atoms with van der Waals surface area (Å²) in [6.45, 7) is 3.41. The van der Waals surface area contributed by atoms with E-state index in [2.05, 4.69) is 79.6 Å². The lowest BCUT2D eigenvalue weighted by Crippen LogP contribution is -2.51. The normalized spacial score (nSPS) is 19.6. The highest BCUT2D eigenvalue weighted by Gasteiger charge is 2.39. The van der Waals surface area contributed by atoms with Gasteiger partial charge in [-0.05, 0) is 42.3 Å². The van der Waals surface area contributed by atoms with Crippen molar-refractivity contribution in [2.45, 2.75) is 44.9 Å². The maximum atomic E-state index is 12.4. The third-order valence-corrected chi connectivity index (χ3v) is 6.51. The molecule has 1 aliphatic heterocycles. The Bertz CT molecular complexity index is 908. The van der Waals surface area contributed by atoms with E-state index in [0.717, 1.165) is 25.2 Å². The summed E-state index contributed by atoms with van der Waals surface area (Å²) in [5.74, 6) is 0.424. The number of nitrogens with zero attached hydrogens (tertiary/aromatic N) is 2. The summed E-state index contributed by atoms with van der Waals surface area (Å²) < 4.78 is 29.0. The van der Waals surface area contributed by atoms with Crippen molar-refractivity contribution >= 4 is 11.6 Å². The van der Waals surface area contributed by atoms with Crippen LogP contribution in [0.25, 0.3) is 0 Å². The SMILES string of the molecule is CN1CC(C(=O)N(C)Cc2ccc(NC3Cc4ccccc4C3(C)C)cc2)C1.FC(F)F. The predicted molar refractivity (Wildman–Crippen MR) is 122 cm³/mol. The average molecular weight is 448 g/mol. The third-order valence-electron chi connectivity index (χ3n) is 6.51. The summed E-state index contributed by atoms with van der Waals surface area (Å²) in [4.78, 5) is 16.5. The molecule has 4 rings (SSSR count). The average Bonchev–Trinajstić information content (AvgIpc) is 2.96. The van der Waals surface area contributed by atoms with Crippen molar-refractivity contribution in [3.05, 3.63) is 65.2 Å². The molecule has 0 radical (unpaired) electrons. The van der Waals surface area contributed by atoms with E-state index >= 15 is 0 Å². The number of carbonyl (C=O) groups excluding carboxylic acids is 1. The molecule has 1 aliphatic carbocycles. The molecule has 32 heavy (non-hydrogen) atoms. The van der Waals surface area contributed by atoms with Crippen LogP contribution in [0.2, 0.25) is 0 Å². The largest absolute Gasteiger partial charge is 0.381 e. The Labute approximate surface area is 188 Å². The fourth-order valence-corrected chi connectivity index (χ4v) is 4.65. The van der Waals surface area contributed by atoms with Gasteiger partial charge in [0.15, 0.2) is 0 Å². The van der Waals surface area contributed by atoms with E-state index in [0.29, 0.717) is 12.6 Å². The number of halogens is 3. The van der Waals surface area contributed by atoms with Crippen molar-refractivity contribution in [1.29, 1.82) is 0 Å². The second-order valence-electron chi connectivity index (χ2n) is 9.34. The summed E-state index contributed by atoms with van der Waals surface area (Å²) >= 11 is 0. The van der Waals surface area contributed by atoms with Gasteiger partial charge in [0.05, 0.1) is 5.92 Å². The minimum Gasteiger partial charge on any atom is -0.381 e. The standard InChI is InChI=1S/C24H31N3O.CHF3/c1-24(2)21-8-6-5-7-18(21)13-22(24)25-20-11-9-17(10-12-20)14-27(4)23(28)19-15-26(3)16-19;2-1(3)4/h5-12,19,22,25H,13-16H2,1-4H3;1H. The highest BCUT2D eigenvalue weighted by atomic mass is 19.4. The van der Waals surface area contributed by atoms with E-state index in [1.807, 2.05) is 11.9 Å². The number of alkyl halides is 3. The number of rotatable bonds is 5. The number of nitrogens with one attached hydrogen (secondary N) is 1. The van der Waals surface area contributed by atoms with Crippen LogP contribution in [0.4, 0.5) is 18.9 Å². The highest BCUT2D eigenvalue weighted by molar-refractivity contribution is 5.80. The van der Waals surface area contributed by atoms with Gasteiger partial charge in [-0.25, -0.2) is 0 Å². The van der Waals surface area contributed by atoms with Gasteiger partial charge in [0.25, 0.3) is 0 Å². The van der Waals surface area contributed by atoms with E-state index in [1.54, 1.807) is 0 Å². The van der Waals surface area contributed by atoms with Crippen LogP contribution in [0.15, 0.2) is 48.5 Å². The number of carbonyl (C=O) groups is 1. The topological polar surface area (TPSA) is 35.6 Å². The zero-order chi connectivity index (χ0) is 23.5. The van der Waals surface area contributed by atoms with Gasteiger partial charge in [0.1, 0.15) is 0 Å². The van der Waals surface area contributed by atoms with Crippen LogP contribution in [0.3, 0.4) is 0 Å². The van der Waals surface area contributed by atoms with Gasteiger partial charge in [0, 0.05) is 43.8 Å². The number of fused-ring (bicyclic) bond motifs is 1. The van der Waals surface area contributed by atoms with Gasteiger partial charge >= 0.3 is 6.68 Å². The first-order valence-corrected chi connectivity index (χ1v) is 10.9. The zero-order valence-electron chi connectivity index (χ0n) is 19.1. The van der Waals surface area contributed by atoms with E-state index in [4.69, 9.17) is 0 Å². The van der Waals surface area contributed by atoms with Crippen molar-refractivity contribution in [1.82, 2.24) is 9.80 Å². The molecule has 1 amide bonds. The zero-order valence-corrected chi connectivity index (χ0v) is 19.1. The molecule has 0 aromatic heterocycles. The summed E-state index contributed by atoms with van der Waals surface area (Å²) in [7, 11) is 3.96. The van der Waals surface area contributed by atoms with Crippen molar-refractivity contribution in [3.63, 3.8) is 0 Å². The number of benzene rings is 2. The Morgan fingerprint density at radius 2 is 1.72 bits per heavy atom. The summed E-state index contributed by atoms with van der Waals surface area (Å²) in [6, 6.07) is 17.7. The smallest absolute Gasteiger partial charge is 0.379 e. The van der Waals surface area contributed by atoms with E-state index in [-0.39, 0.29) is 17.2 Å². The van der Waals surface area contributed by atoms with Crippen LogP contribution in [-0.4, -0.2) is 55.6 Å². The van der Waals surface area contributed by atoms with E-state index in [1.165, 1.54) is 16.7 Å². The molecule has 1 unspecified atom stereocenters. The van der Waals surface area contributed by atoms with Gasteiger partial charge in [-0.3, -0.25) is 4.79 Å². The maximum Gasteiger partial charge on any atom is 0.379 e. The molecule has 1 fully saturated rings. The first-order chi connectivity index (χ1) is 15.1. The lowest BCUT2D eigenvalue weighted by Gasteiger charge is -2.37. The molecule has 2 aromatic rings. The highest BCUT2D eigenvalue weighted by Crippen LogP contribution is 2.39. The predicted octanol–water partition coefficient (Wildman–Crippen LogP) is 4.70. The molecule has 0 bridgehead atoms. The molecule has 2 aromatic carbocycles. The number of hydrogen-bond acceptors (Lipinski definition) is 3. The molecule has 174 valence electrons. The lowest BCUT2D eigenvalue weighted by atomic mass is 9.83. The Morgan fingerprint density at radius 1 is 1.12 bits per heavy atom. The first-order valence-electron chi connectivity index (χ1n) is 10.9. The van der Waals surface area contributed by atoms with Gasteiger partial charge in [-0.2, -0.15) is 13.2 Å². The Morgan fingerprint density at radius 3 is 2.28 bits per heavy atom. The third kappa shape index (κ3) is 5.63. The second kappa shape index (κ2) is 9.94. The quantitative estimate of drug-likeness (QED) is 0.722. The summed E-state index contributed by atoms with van der Waals surface area (Å²) in [5.41, 5.74) is 5.32. The number of hydrogen-bond donors (Lipinski definition) is 1. The van der Waals surface area contributed by atoms with Crippen LogP contribution in [-0.2, 0) is 23.2 Å². The molecule has 7 heteroatoms. The van der Waals surface area contributed by atoms with Gasteiger partial charge in [-0.1, -0.05) is 50.2 Å². The molecule has 1 N–H and O–H groups in total. The first kappa shape index (κ1) is 24.1. The Hall–Kier alpha value is -2.54. The number of likely N-dealkylation sites (tertiary alicyclic amines) is 1. The second-order valence-corrected chi connectivity index (χ2v) is 9.34. The van der Waals surface area contributed by atoms with E-state index < -0.39 is 6.68 Å². The molecule has 0 spiro atoms.